The van der Waals surface area contributed by atoms with E-state index in [1.54, 1.807) is 6.07 Å². The maximum Gasteiger partial charge on any atom is 0.282 e. The number of aromatic nitrogens is 4. The largest absolute Gasteiger partial charge is 0.282 e. The van der Waals surface area contributed by atoms with Gasteiger partial charge in [0.15, 0.2) is 5.65 Å². The Labute approximate surface area is 105 Å². The van der Waals surface area contributed by atoms with Crippen molar-refractivity contribution in [3.8, 4) is 11.3 Å². The highest BCUT2D eigenvalue weighted by atomic mass is 19.3. The van der Waals surface area contributed by atoms with E-state index in [0.717, 1.165) is 0 Å². The van der Waals surface area contributed by atoms with Crippen molar-refractivity contribution in [2.45, 2.75) is 6.43 Å². The van der Waals surface area contributed by atoms with E-state index in [2.05, 4.69) is 15.1 Å². The minimum Gasteiger partial charge on any atom is -0.235 e. The fraction of sp³-hybridized carbons (Fsp3) is 0.0833. The second-order valence-corrected chi connectivity index (χ2v) is 3.84. The molecular formula is C12H7F3N4. The molecule has 0 amide bonds. The van der Waals surface area contributed by atoms with Crippen molar-refractivity contribution >= 4 is 5.65 Å². The van der Waals surface area contributed by atoms with Crippen LogP contribution in [0.2, 0.25) is 0 Å². The molecule has 3 heterocycles. The van der Waals surface area contributed by atoms with E-state index in [1.807, 2.05) is 0 Å². The zero-order valence-electron chi connectivity index (χ0n) is 9.46. The van der Waals surface area contributed by atoms with Crippen LogP contribution in [-0.4, -0.2) is 19.6 Å². The van der Waals surface area contributed by atoms with E-state index in [1.165, 1.54) is 35.1 Å². The summed E-state index contributed by atoms with van der Waals surface area (Å²) in [5, 5.41) is 3.80. The van der Waals surface area contributed by atoms with Gasteiger partial charge in [0, 0.05) is 17.8 Å². The van der Waals surface area contributed by atoms with Crippen molar-refractivity contribution < 1.29 is 13.2 Å². The first-order chi connectivity index (χ1) is 9.15. The Bertz CT molecular complexity index is 739. The second kappa shape index (κ2) is 4.34. The average molecular weight is 264 g/mol. The minimum absolute atomic E-state index is 0.360. The number of rotatable bonds is 2. The van der Waals surface area contributed by atoms with Gasteiger partial charge in [-0.3, -0.25) is 0 Å². The molecule has 19 heavy (non-hydrogen) atoms. The lowest BCUT2D eigenvalue weighted by Gasteiger charge is -2.03. The van der Waals surface area contributed by atoms with Gasteiger partial charge in [0.2, 0.25) is 5.95 Å². The maximum atomic E-state index is 13.1. The van der Waals surface area contributed by atoms with E-state index >= 15 is 0 Å². The van der Waals surface area contributed by atoms with Crippen LogP contribution in [0.25, 0.3) is 16.9 Å². The Balaban J connectivity index is 2.21. The van der Waals surface area contributed by atoms with Crippen molar-refractivity contribution in [1.82, 2.24) is 19.6 Å². The van der Waals surface area contributed by atoms with E-state index in [-0.39, 0.29) is 5.69 Å². The molecule has 3 aromatic rings. The van der Waals surface area contributed by atoms with E-state index in [9.17, 15) is 13.2 Å². The molecule has 4 nitrogen and oxygen atoms in total. The highest BCUT2D eigenvalue weighted by Gasteiger charge is 2.13. The van der Waals surface area contributed by atoms with Crippen LogP contribution in [0.15, 0.2) is 36.7 Å². The van der Waals surface area contributed by atoms with Gasteiger partial charge in [-0.2, -0.15) is 9.49 Å². The minimum atomic E-state index is -2.67. The number of nitrogens with zero attached hydrogens (tertiary/aromatic N) is 4. The number of pyridine rings is 1. The summed E-state index contributed by atoms with van der Waals surface area (Å²) in [4.78, 5) is 7.48. The molecule has 0 radical (unpaired) electrons. The summed E-state index contributed by atoms with van der Waals surface area (Å²) in [7, 11) is 0. The number of fused-ring (bicyclic) bond motifs is 1. The first-order valence-electron chi connectivity index (χ1n) is 5.40. The van der Waals surface area contributed by atoms with Gasteiger partial charge < -0.3 is 0 Å². The first kappa shape index (κ1) is 11.6. The molecule has 0 unspecified atom stereocenters. The normalized spacial score (nSPS) is 11.4. The molecule has 0 fully saturated rings. The Morgan fingerprint density at radius 1 is 1.11 bits per heavy atom. The highest BCUT2D eigenvalue weighted by molar-refractivity contribution is 5.62. The zero-order valence-corrected chi connectivity index (χ0v) is 9.46. The summed E-state index contributed by atoms with van der Waals surface area (Å²) >= 11 is 0. The fourth-order valence-corrected chi connectivity index (χ4v) is 1.76. The summed E-state index contributed by atoms with van der Waals surface area (Å²) in [6.45, 7) is 0. The molecule has 3 aromatic heterocycles. The highest BCUT2D eigenvalue weighted by Crippen LogP contribution is 2.22. The van der Waals surface area contributed by atoms with Crippen LogP contribution >= 0.6 is 0 Å². The SMILES string of the molecule is Fc1cc(-c2cnc3ccc(C(F)F)nn23)ccn1. The molecule has 96 valence electrons. The third-order valence-corrected chi connectivity index (χ3v) is 2.63. The lowest BCUT2D eigenvalue weighted by molar-refractivity contribution is 0.144. The maximum absolute atomic E-state index is 13.1. The van der Waals surface area contributed by atoms with Crippen molar-refractivity contribution in [3.63, 3.8) is 0 Å². The van der Waals surface area contributed by atoms with Crippen LogP contribution in [0, 0.1) is 5.95 Å². The van der Waals surface area contributed by atoms with Crippen LogP contribution in [0.1, 0.15) is 12.1 Å². The van der Waals surface area contributed by atoms with Gasteiger partial charge >= 0.3 is 0 Å². The summed E-state index contributed by atoms with van der Waals surface area (Å²) < 4.78 is 39.6. The summed E-state index contributed by atoms with van der Waals surface area (Å²) in [6, 6.07) is 5.41. The predicted octanol–water partition coefficient (Wildman–Crippen LogP) is 2.87. The fourth-order valence-electron chi connectivity index (χ4n) is 1.76. The quantitative estimate of drug-likeness (QED) is 0.668. The van der Waals surface area contributed by atoms with Gasteiger partial charge in [0.05, 0.1) is 11.9 Å². The number of hydrogen-bond acceptors (Lipinski definition) is 3. The monoisotopic (exact) mass is 264 g/mol. The molecule has 0 aromatic carbocycles. The predicted molar refractivity (Wildman–Crippen MR) is 61.1 cm³/mol. The molecular weight excluding hydrogens is 257 g/mol. The molecule has 0 saturated carbocycles. The van der Waals surface area contributed by atoms with Crippen molar-refractivity contribution in [2.24, 2.45) is 0 Å². The van der Waals surface area contributed by atoms with Crippen LogP contribution < -0.4 is 0 Å². The Morgan fingerprint density at radius 2 is 1.95 bits per heavy atom. The zero-order chi connectivity index (χ0) is 13.4. The van der Waals surface area contributed by atoms with Gasteiger partial charge in [-0.05, 0) is 18.2 Å². The van der Waals surface area contributed by atoms with Crippen LogP contribution in [0.4, 0.5) is 13.2 Å². The molecule has 0 saturated heterocycles. The number of halogens is 3. The van der Waals surface area contributed by atoms with Crippen molar-refractivity contribution in [3.05, 3.63) is 48.3 Å². The van der Waals surface area contributed by atoms with Gasteiger partial charge in [0.1, 0.15) is 5.69 Å². The Hall–Kier alpha value is -2.44. The summed E-state index contributed by atoms with van der Waals surface area (Å²) in [6.07, 6.45) is 0.0710. The Kier molecular flexibility index (Phi) is 2.66. The standard InChI is InChI=1S/C12H7F3N4/c13-10-5-7(3-4-16-10)9-6-17-11-2-1-8(12(14)15)18-19(9)11/h1-6,12H. The van der Waals surface area contributed by atoms with Gasteiger partial charge in [0.25, 0.3) is 6.43 Å². The smallest absolute Gasteiger partial charge is 0.235 e. The molecule has 0 aliphatic rings. The Morgan fingerprint density at radius 3 is 2.68 bits per heavy atom. The summed E-state index contributed by atoms with van der Waals surface area (Å²) in [5.41, 5.74) is 0.954. The van der Waals surface area contributed by atoms with Crippen molar-refractivity contribution in [2.75, 3.05) is 0 Å². The molecule has 0 N–H and O–H groups in total. The van der Waals surface area contributed by atoms with Gasteiger partial charge in [-0.25, -0.2) is 23.3 Å². The summed E-state index contributed by atoms with van der Waals surface area (Å²) in [5.74, 6) is -0.655. The molecule has 0 spiro atoms. The van der Waals surface area contributed by atoms with E-state index < -0.39 is 12.4 Å². The number of hydrogen-bond donors (Lipinski definition) is 0. The number of imidazole rings is 1. The molecule has 0 atom stereocenters. The van der Waals surface area contributed by atoms with Gasteiger partial charge in [-0.15, -0.1) is 0 Å². The molecule has 0 bridgehead atoms. The lowest BCUT2D eigenvalue weighted by Crippen LogP contribution is -2.00. The molecule has 0 aliphatic carbocycles. The molecule has 0 aliphatic heterocycles. The van der Waals surface area contributed by atoms with E-state index in [4.69, 9.17) is 0 Å². The topological polar surface area (TPSA) is 43.1 Å². The molecule has 3 rings (SSSR count). The van der Waals surface area contributed by atoms with Crippen LogP contribution in [-0.2, 0) is 0 Å². The average Bonchev–Trinajstić information content (AvgIpc) is 2.81. The lowest BCUT2D eigenvalue weighted by atomic mass is 10.2. The second-order valence-electron chi connectivity index (χ2n) is 3.84. The van der Waals surface area contributed by atoms with Gasteiger partial charge in [-0.1, -0.05) is 0 Å². The third kappa shape index (κ3) is 2.03. The third-order valence-electron chi connectivity index (χ3n) is 2.63. The van der Waals surface area contributed by atoms with Crippen molar-refractivity contribution in [1.29, 1.82) is 0 Å². The number of alkyl halides is 2. The van der Waals surface area contributed by atoms with Crippen LogP contribution in [0.5, 0.6) is 0 Å². The molecule has 7 heteroatoms. The van der Waals surface area contributed by atoms with Crippen LogP contribution in [0.3, 0.4) is 0 Å². The van der Waals surface area contributed by atoms with E-state index in [0.29, 0.717) is 16.9 Å². The first-order valence-corrected chi connectivity index (χ1v) is 5.40.